The number of nitrogens with one attached hydrogen (secondary N) is 1. The van der Waals surface area contributed by atoms with Gasteiger partial charge in [-0.3, -0.25) is 4.79 Å². The van der Waals surface area contributed by atoms with Crippen LogP contribution in [-0.4, -0.2) is 86.3 Å². The molecule has 0 saturated carbocycles. The zero-order valence-corrected chi connectivity index (χ0v) is 16.9. The molecule has 12 heteroatoms. The molecule has 1 amide bonds. The molecule has 0 atom stereocenters. The molecule has 0 bridgehead atoms. The fraction of sp³-hybridized carbons (Fsp3) is 0.750. The average Bonchev–Trinajstić information content (AvgIpc) is 2.72. The van der Waals surface area contributed by atoms with Crippen LogP contribution in [0.2, 0.25) is 0 Å². The van der Waals surface area contributed by atoms with Gasteiger partial charge in [-0.15, -0.1) is 0 Å². The van der Waals surface area contributed by atoms with Gasteiger partial charge in [0, 0.05) is 32.1 Å². The van der Waals surface area contributed by atoms with Crippen molar-refractivity contribution < 1.29 is 22.7 Å². The summed E-state index contributed by atoms with van der Waals surface area (Å²) >= 11 is 0. The quantitative estimate of drug-likeness (QED) is 0.624. The average molecular weight is 414 g/mol. The third-order valence-corrected chi connectivity index (χ3v) is 6.14. The van der Waals surface area contributed by atoms with Crippen LogP contribution in [0.3, 0.4) is 0 Å². The van der Waals surface area contributed by atoms with E-state index < -0.39 is 10.0 Å². The number of methoxy groups -OCH3 is 1. The van der Waals surface area contributed by atoms with Crippen LogP contribution in [0, 0.1) is 5.92 Å². The van der Waals surface area contributed by atoms with Crippen LogP contribution in [0.4, 0.5) is 5.95 Å². The molecule has 156 valence electrons. The Morgan fingerprint density at radius 2 is 1.86 bits per heavy atom. The monoisotopic (exact) mass is 414 g/mol. The highest BCUT2D eigenvalue weighted by atomic mass is 32.2. The fourth-order valence-corrected chi connectivity index (χ4v) is 4.10. The van der Waals surface area contributed by atoms with Gasteiger partial charge in [-0.1, -0.05) is 0 Å². The molecule has 2 fully saturated rings. The third kappa shape index (κ3) is 5.26. The first kappa shape index (κ1) is 20.7. The number of sulfonamides is 1. The van der Waals surface area contributed by atoms with Gasteiger partial charge < -0.3 is 19.7 Å². The molecule has 28 heavy (non-hydrogen) atoms. The number of hydrogen-bond acceptors (Lipinski definition) is 9. The Bertz CT molecular complexity index is 791. The van der Waals surface area contributed by atoms with Gasteiger partial charge in [-0.05, 0) is 12.8 Å². The molecule has 2 aliphatic rings. The molecule has 2 aliphatic heterocycles. The summed E-state index contributed by atoms with van der Waals surface area (Å²) in [5.74, 6) is 0.567. The highest BCUT2D eigenvalue weighted by Crippen LogP contribution is 2.19. The first-order valence-corrected chi connectivity index (χ1v) is 11.1. The number of nitrogens with zero attached hydrogens (tertiary/aromatic N) is 5. The molecule has 0 radical (unpaired) electrons. The van der Waals surface area contributed by atoms with Crippen molar-refractivity contribution in [2.24, 2.45) is 5.92 Å². The number of ether oxygens (including phenoxy) is 2. The van der Waals surface area contributed by atoms with E-state index in [0.29, 0.717) is 64.0 Å². The predicted molar refractivity (Wildman–Crippen MR) is 100 cm³/mol. The molecule has 0 spiro atoms. The Labute approximate surface area is 164 Å². The molecule has 0 aromatic carbocycles. The van der Waals surface area contributed by atoms with Crippen LogP contribution in [0.15, 0.2) is 0 Å². The van der Waals surface area contributed by atoms with Gasteiger partial charge in [0.2, 0.25) is 21.9 Å². The van der Waals surface area contributed by atoms with Crippen LogP contribution in [0.25, 0.3) is 0 Å². The molecule has 1 aromatic heterocycles. The minimum absolute atomic E-state index is 0.125. The fourth-order valence-electron chi connectivity index (χ4n) is 3.22. The lowest BCUT2D eigenvalue weighted by molar-refractivity contribution is -0.126. The zero-order valence-electron chi connectivity index (χ0n) is 16.1. The third-order valence-electron chi connectivity index (χ3n) is 4.84. The Morgan fingerprint density at radius 1 is 1.18 bits per heavy atom. The van der Waals surface area contributed by atoms with Crippen LogP contribution in [0.5, 0.6) is 6.01 Å². The molecule has 1 N–H and O–H groups in total. The lowest BCUT2D eigenvalue weighted by Gasteiger charge is -2.29. The van der Waals surface area contributed by atoms with E-state index in [-0.39, 0.29) is 24.4 Å². The summed E-state index contributed by atoms with van der Waals surface area (Å²) in [6.45, 7) is 3.44. The molecule has 11 nitrogen and oxygen atoms in total. The molecule has 2 saturated heterocycles. The predicted octanol–water partition coefficient (Wildman–Crippen LogP) is -0.995. The number of carbonyl (C=O) groups is 1. The van der Waals surface area contributed by atoms with Crippen molar-refractivity contribution in [3.63, 3.8) is 0 Å². The van der Waals surface area contributed by atoms with E-state index in [0.717, 1.165) is 0 Å². The topological polar surface area (TPSA) is 127 Å². The van der Waals surface area contributed by atoms with Crippen LogP contribution in [0.1, 0.15) is 18.7 Å². The molecular formula is C16H26N6O5S. The van der Waals surface area contributed by atoms with Crippen molar-refractivity contribution in [1.82, 2.24) is 24.6 Å². The van der Waals surface area contributed by atoms with E-state index in [2.05, 4.69) is 20.3 Å². The van der Waals surface area contributed by atoms with Crippen molar-refractivity contribution in [1.29, 1.82) is 0 Å². The lowest BCUT2D eigenvalue weighted by Crippen LogP contribution is -2.42. The molecule has 1 aromatic rings. The number of piperidine rings is 1. The van der Waals surface area contributed by atoms with E-state index in [1.165, 1.54) is 17.7 Å². The second kappa shape index (κ2) is 8.97. The second-order valence-electron chi connectivity index (χ2n) is 6.79. The van der Waals surface area contributed by atoms with E-state index in [1.54, 1.807) is 0 Å². The van der Waals surface area contributed by atoms with Crippen LogP contribution >= 0.6 is 0 Å². The smallest absolute Gasteiger partial charge is 0.321 e. The maximum Gasteiger partial charge on any atom is 0.321 e. The summed E-state index contributed by atoms with van der Waals surface area (Å²) in [6, 6.07) is 0.196. The zero-order chi connectivity index (χ0) is 20.1. The highest BCUT2D eigenvalue weighted by molar-refractivity contribution is 7.88. The minimum atomic E-state index is -3.21. The maximum absolute atomic E-state index is 12.5. The number of anilines is 1. The van der Waals surface area contributed by atoms with Crippen molar-refractivity contribution in [3.05, 3.63) is 5.82 Å². The number of carbonyl (C=O) groups excluding carboxylic acids is 1. The van der Waals surface area contributed by atoms with E-state index in [4.69, 9.17) is 9.47 Å². The summed E-state index contributed by atoms with van der Waals surface area (Å²) in [5, 5.41) is 2.85. The molecule has 3 heterocycles. The van der Waals surface area contributed by atoms with Crippen molar-refractivity contribution in [2.75, 3.05) is 57.7 Å². The SMILES string of the molecule is COc1nc(CNC(=O)C2CCN(S(C)(=O)=O)CC2)nc(N2CCOCC2)n1. The van der Waals surface area contributed by atoms with E-state index >= 15 is 0 Å². The Hall–Kier alpha value is -2.05. The summed E-state index contributed by atoms with van der Waals surface area (Å²) in [5.41, 5.74) is 0. The van der Waals surface area contributed by atoms with Gasteiger partial charge in [-0.25, -0.2) is 12.7 Å². The van der Waals surface area contributed by atoms with Gasteiger partial charge in [-0.2, -0.15) is 15.0 Å². The molecule has 0 unspecified atom stereocenters. The Morgan fingerprint density at radius 3 is 2.46 bits per heavy atom. The van der Waals surface area contributed by atoms with Crippen LogP contribution < -0.4 is 15.0 Å². The van der Waals surface area contributed by atoms with Crippen molar-refractivity contribution >= 4 is 21.9 Å². The number of rotatable bonds is 6. The van der Waals surface area contributed by atoms with Gasteiger partial charge in [0.1, 0.15) is 0 Å². The normalized spacial score (nSPS) is 19.4. The van der Waals surface area contributed by atoms with Crippen molar-refractivity contribution in [3.8, 4) is 6.01 Å². The molecule has 0 aliphatic carbocycles. The Balaban J connectivity index is 1.58. The van der Waals surface area contributed by atoms with Crippen molar-refractivity contribution in [2.45, 2.75) is 19.4 Å². The van der Waals surface area contributed by atoms with Gasteiger partial charge in [0.05, 0.1) is 33.1 Å². The summed E-state index contributed by atoms with van der Waals surface area (Å²) in [4.78, 5) is 27.4. The van der Waals surface area contributed by atoms with E-state index in [9.17, 15) is 13.2 Å². The molecular weight excluding hydrogens is 388 g/mol. The summed E-state index contributed by atoms with van der Waals surface area (Å²) in [6.07, 6.45) is 2.19. The summed E-state index contributed by atoms with van der Waals surface area (Å²) < 4.78 is 35.1. The number of morpholine rings is 1. The van der Waals surface area contributed by atoms with E-state index in [1.807, 2.05) is 4.90 Å². The standard InChI is InChI=1S/C16H26N6O5S/c1-26-16-19-13(18-15(20-16)21-7-9-27-10-8-21)11-17-14(23)12-3-5-22(6-4-12)28(2,24)25/h12H,3-11H2,1-2H3,(H,17,23). The highest BCUT2D eigenvalue weighted by Gasteiger charge is 2.29. The van der Waals surface area contributed by atoms with Gasteiger partial charge in [0.25, 0.3) is 0 Å². The molecule has 3 rings (SSSR count). The number of amides is 1. The Kier molecular flexibility index (Phi) is 6.62. The van der Waals surface area contributed by atoms with Gasteiger partial charge >= 0.3 is 6.01 Å². The first-order chi connectivity index (χ1) is 13.4. The van der Waals surface area contributed by atoms with Gasteiger partial charge in [0.15, 0.2) is 5.82 Å². The summed E-state index contributed by atoms with van der Waals surface area (Å²) in [7, 11) is -1.72. The second-order valence-corrected chi connectivity index (χ2v) is 8.77. The van der Waals surface area contributed by atoms with Crippen LogP contribution in [-0.2, 0) is 26.1 Å². The number of aromatic nitrogens is 3. The lowest BCUT2D eigenvalue weighted by atomic mass is 9.97. The number of hydrogen-bond donors (Lipinski definition) is 1. The largest absolute Gasteiger partial charge is 0.467 e. The minimum Gasteiger partial charge on any atom is -0.467 e. The maximum atomic E-state index is 12.5. The first-order valence-electron chi connectivity index (χ1n) is 9.21.